The molecule has 0 aromatic heterocycles. The van der Waals surface area contributed by atoms with Gasteiger partial charge in [-0.3, -0.25) is 4.79 Å². The van der Waals surface area contributed by atoms with E-state index in [9.17, 15) is 9.18 Å². The van der Waals surface area contributed by atoms with E-state index in [2.05, 4.69) is 10.5 Å². The molecule has 4 heteroatoms. The normalized spacial score (nSPS) is 11.2. The smallest absolute Gasteiger partial charge is 0.267 e. The van der Waals surface area contributed by atoms with Crippen LogP contribution in [0.25, 0.3) is 0 Å². The fraction of sp³-hybridized carbons (Fsp3) is 0.125. The summed E-state index contributed by atoms with van der Waals surface area (Å²) in [5, 5.41) is 4.11. The number of nitrogens with zero attached hydrogens (tertiary/aromatic N) is 1. The minimum absolute atomic E-state index is 0.247. The minimum Gasteiger partial charge on any atom is -0.267 e. The van der Waals surface area contributed by atoms with Crippen molar-refractivity contribution in [3.63, 3.8) is 0 Å². The number of hydrazone groups is 1. The zero-order valence-corrected chi connectivity index (χ0v) is 11.1. The first-order valence-corrected chi connectivity index (χ1v) is 6.38. The standard InChI is InChI=1S/C16H15FN2O/c1-2-15(12-7-4-3-5-8-12)18-19-16(20)13-9-6-10-14(17)11-13/h3-11H,2H2,1H3,(H,19,20)/b18-15+. The van der Waals surface area contributed by atoms with Gasteiger partial charge in [-0.25, -0.2) is 9.82 Å². The summed E-state index contributed by atoms with van der Waals surface area (Å²) in [6.45, 7) is 1.96. The van der Waals surface area contributed by atoms with Crippen molar-refractivity contribution in [2.75, 3.05) is 0 Å². The van der Waals surface area contributed by atoms with Crippen LogP contribution in [0.5, 0.6) is 0 Å². The molecule has 3 nitrogen and oxygen atoms in total. The molecule has 0 unspecified atom stereocenters. The molecule has 0 atom stereocenters. The number of halogens is 1. The number of hydrogen-bond donors (Lipinski definition) is 1. The van der Waals surface area contributed by atoms with Crippen LogP contribution in [0.3, 0.4) is 0 Å². The van der Waals surface area contributed by atoms with Crippen molar-refractivity contribution in [1.29, 1.82) is 0 Å². The molecule has 0 aliphatic rings. The third kappa shape index (κ3) is 3.51. The molecule has 20 heavy (non-hydrogen) atoms. The van der Waals surface area contributed by atoms with Crippen LogP contribution < -0.4 is 5.43 Å². The number of rotatable bonds is 4. The van der Waals surface area contributed by atoms with Gasteiger partial charge in [-0.05, 0) is 30.2 Å². The van der Waals surface area contributed by atoms with E-state index in [0.29, 0.717) is 6.42 Å². The largest absolute Gasteiger partial charge is 0.271 e. The lowest BCUT2D eigenvalue weighted by molar-refractivity contribution is 0.0954. The number of benzene rings is 2. The second kappa shape index (κ2) is 6.61. The van der Waals surface area contributed by atoms with E-state index in [1.54, 1.807) is 6.07 Å². The van der Waals surface area contributed by atoms with Gasteiger partial charge in [0.1, 0.15) is 5.82 Å². The van der Waals surface area contributed by atoms with Crippen LogP contribution in [0.2, 0.25) is 0 Å². The van der Waals surface area contributed by atoms with Crippen molar-refractivity contribution >= 4 is 11.6 Å². The van der Waals surface area contributed by atoms with Gasteiger partial charge in [0.2, 0.25) is 0 Å². The van der Waals surface area contributed by atoms with Gasteiger partial charge in [-0.1, -0.05) is 43.3 Å². The van der Waals surface area contributed by atoms with Crippen molar-refractivity contribution < 1.29 is 9.18 Å². The average molecular weight is 270 g/mol. The van der Waals surface area contributed by atoms with Crippen LogP contribution in [-0.4, -0.2) is 11.6 Å². The van der Waals surface area contributed by atoms with E-state index in [4.69, 9.17) is 0 Å². The molecule has 0 aliphatic heterocycles. The summed E-state index contributed by atoms with van der Waals surface area (Å²) in [5.41, 5.74) is 4.43. The maximum absolute atomic E-state index is 13.0. The Balaban J connectivity index is 2.13. The van der Waals surface area contributed by atoms with Crippen LogP contribution in [-0.2, 0) is 0 Å². The van der Waals surface area contributed by atoms with Crippen LogP contribution in [0.4, 0.5) is 4.39 Å². The summed E-state index contributed by atoms with van der Waals surface area (Å²) in [6.07, 6.45) is 0.688. The summed E-state index contributed by atoms with van der Waals surface area (Å²) in [5.74, 6) is -0.869. The lowest BCUT2D eigenvalue weighted by Crippen LogP contribution is -2.20. The molecule has 0 heterocycles. The van der Waals surface area contributed by atoms with Gasteiger partial charge in [0.05, 0.1) is 5.71 Å². The molecule has 1 N–H and O–H groups in total. The molecule has 0 bridgehead atoms. The van der Waals surface area contributed by atoms with Crippen molar-refractivity contribution in [3.8, 4) is 0 Å². The number of hydrogen-bond acceptors (Lipinski definition) is 2. The topological polar surface area (TPSA) is 41.5 Å². The van der Waals surface area contributed by atoms with Crippen molar-refractivity contribution in [3.05, 3.63) is 71.5 Å². The summed E-state index contributed by atoms with van der Waals surface area (Å²) in [7, 11) is 0. The highest BCUT2D eigenvalue weighted by molar-refractivity contribution is 6.02. The summed E-state index contributed by atoms with van der Waals surface area (Å²) >= 11 is 0. The van der Waals surface area contributed by atoms with E-state index in [0.717, 1.165) is 11.3 Å². The number of nitrogens with one attached hydrogen (secondary N) is 1. The zero-order valence-electron chi connectivity index (χ0n) is 11.1. The Kier molecular flexibility index (Phi) is 4.60. The monoisotopic (exact) mass is 270 g/mol. The van der Waals surface area contributed by atoms with E-state index < -0.39 is 11.7 Å². The Morgan fingerprint density at radius 3 is 2.45 bits per heavy atom. The molecule has 0 aliphatic carbocycles. The van der Waals surface area contributed by atoms with Gasteiger partial charge >= 0.3 is 0 Å². The molecule has 0 radical (unpaired) electrons. The zero-order chi connectivity index (χ0) is 14.4. The van der Waals surface area contributed by atoms with Gasteiger partial charge in [-0.2, -0.15) is 5.10 Å². The lowest BCUT2D eigenvalue weighted by Gasteiger charge is -2.05. The van der Waals surface area contributed by atoms with Gasteiger partial charge in [0.25, 0.3) is 5.91 Å². The lowest BCUT2D eigenvalue weighted by atomic mass is 10.1. The van der Waals surface area contributed by atoms with Crippen molar-refractivity contribution in [2.24, 2.45) is 5.10 Å². The van der Waals surface area contributed by atoms with Gasteiger partial charge in [-0.15, -0.1) is 0 Å². The molecule has 2 rings (SSSR count). The summed E-state index contributed by atoms with van der Waals surface area (Å²) in [6, 6.07) is 15.1. The molecular formula is C16H15FN2O. The van der Waals surface area contributed by atoms with E-state index >= 15 is 0 Å². The highest BCUT2D eigenvalue weighted by Gasteiger charge is 2.06. The third-order valence-electron chi connectivity index (χ3n) is 2.82. The Morgan fingerprint density at radius 2 is 1.80 bits per heavy atom. The Hall–Kier alpha value is -2.49. The van der Waals surface area contributed by atoms with Crippen LogP contribution >= 0.6 is 0 Å². The number of amides is 1. The van der Waals surface area contributed by atoms with Crippen molar-refractivity contribution in [2.45, 2.75) is 13.3 Å². The van der Waals surface area contributed by atoms with E-state index in [-0.39, 0.29) is 5.56 Å². The molecule has 0 saturated carbocycles. The maximum atomic E-state index is 13.0. The molecule has 2 aromatic carbocycles. The SMILES string of the molecule is CC/C(=N\NC(=O)c1cccc(F)c1)c1ccccc1. The molecular weight excluding hydrogens is 255 g/mol. The number of carbonyl (C=O) groups is 1. The molecule has 2 aromatic rings. The highest BCUT2D eigenvalue weighted by atomic mass is 19.1. The third-order valence-corrected chi connectivity index (χ3v) is 2.82. The Labute approximate surface area is 117 Å². The highest BCUT2D eigenvalue weighted by Crippen LogP contribution is 2.05. The Bertz CT molecular complexity index is 623. The predicted octanol–water partition coefficient (Wildman–Crippen LogP) is 3.37. The number of carbonyl (C=O) groups excluding carboxylic acids is 1. The first kappa shape index (κ1) is 13.9. The van der Waals surface area contributed by atoms with Crippen LogP contribution in [0, 0.1) is 5.82 Å². The summed E-state index contributed by atoms with van der Waals surface area (Å²) in [4.78, 5) is 11.9. The molecule has 102 valence electrons. The molecule has 0 saturated heterocycles. The predicted molar refractivity (Wildman–Crippen MR) is 77.1 cm³/mol. The van der Waals surface area contributed by atoms with Gasteiger partial charge in [0, 0.05) is 5.56 Å². The second-order valence-electron chi connectivity index (χ2n) is 4.23. The van der Waals surface area contributed by atoms with Crippen molar-refractivity contribution in [1.82, 2.24) is 5.43 Å². The quantitative estimate of drug-likeness (QED) is 0.671. The van der Waals surface area contributed by atoms with Crippen LogP contribution in [0.1, 0.15) is 29.3 Å². The molecule has 0 fully saturated rings. The summed E-state index contributed by atoms with van der Waals surface area (Å²) < 4.78 is 13.0. The first-order chi connectivity index (χ1) is 9.70. The fourth-order valence-corrected chi connectivity index (χ4v) is 1.79. The minimum atomic E-state index is -0.444. The van der Waals surface area contributed by atoms with Gasteiger partial charge < -0.3 is 0 Å². The Morgan fingerprint density at radius 1 is 1.10 bits per heavy atom. The average Bonchev–Trinajstić information content (AvgIpc) is 2.49. The molecule has 0 spiro atoms. The fourth-order valence-electron chi connectivity index (χ4n) is 1.79. The second-order valence-corrected chi connectivity index (χ2v) is 4.23. The first-order valence-electron chi connectivity index (χ1n) is 6.38. The molecule has 1 amide bonds. The van der Waals surface area contributed by atoms with Gasteiger partial charge in [0.15, 0.2) is 0 Å². The van der Waals surface area contributed by atoms with E-state index in [1.807, 2.05) is 37.3 Å². The maximum Gasteiger partial charge on any atom is 0.271 e. The van der Waals surface area contributed by atoms with Crippen LogP contribution in [0.15, 0.2) is 59.7 Å². The van der Waals surface area contributed by atoms with E-state index in [1.165, 1.54) is 18.2 Å².